The van der Waals surface area contributed by atoms with E-state index in [0.29, 0.717) is 0 Å². The lowest BCUT2D eigenvalue weighted by molar-refractivity contribution is 0.747. The Bertz CT molecular complexity index is 491. The van der Waals surface area contributed by atoms with E-state index in [9.17, 15) is 0 Å². The lowest BCUT2D eigenvalue weighted by Crippen LogP contribution is -2.02. The van der Waals surface area contributed by atoms with Crippen molar-refractivity contribution in [1.82, 2.24) is 9.78 Å². The summed E-state index contributed by atoms with van der Waals surface area (Å²) in [5.41, 5.74) is 3.49. The summed E-state index contributed by atoms with van der Waals surface area (Å²) < 4.78 is 3.08. The van der Waals surface area contributed by atoms with Crippen molar-refractivity contribution in [1.29, 1.82) is 0 Å². The molecule has 0 aliphatic carbocycles. The van der Waals surface area contributed by atoms with Crippen molar-refractivity contribution >= 4 is 28.3 Å². The van der Waals surface area contributed by atoms with Crippen molar-refractivity contribution < 1.29 is 0 Å². The average molecular weight is 327 g/mol. The van der Waals surface area contributed by atoms with Crippen LogP contribution in [0.15, 0.2) is 30.5 Å². The molecule has 4 heteroatoms. The van der Waals surface area contributed by atoms with E-state index in [2.05, 4.69) is 58.1 Å². The summed E-state index contributed by atoms with van der Waals surface area (Å²) >= 11 is 2.32. The third kappa shape index (κ3) is 2.75. The molecule has 84 valence electrons. The maximum Gasteiger partial charge on any atom is 0.0815 e. The van der Waals surface area contributed by atoms with Crippen LogP contribution in [-0.4, -0.2) is 9.78 Å². The highest BCUT2D eigenvalue weighted by molar-refractivity contribution is 14.1. The van der Waals surface area contributed by atoms with Gasteiger partial charge in [-0.05, 0) is 59.3 Å². The Kier molecular flexibility index (Phi) is 3.48. The molecule has 16 heavy (non-hydrogen) atoms. The van der Waals surface area contributed by atoms with Gasteiger partial charge in [0.2, 0.25) is 0 Å². The van der Waals surface area contributed by atoms with Gasteiger partial charge in [0.1, 0.15) is 0 Å². The minimum atomic E-state index is 0.766. The molecule has 1 aromatic heterocycles. The molecule has 1 aromatic carbocycles. The van der Waals surface area contributed by atoms with Gasteiger partial charge in [0, 0.05) is 22.5 Å². The number of benzene rings is 1. The second kappa shape index (κ2) is 4.86. The molecular formula is C12H14IN3. The number of hydrogen-bond acceptors (Lipinski definition) is 2. The van der Waals surface area contributed by atoms with Crippen LogP contribution in [0, 0.1) is 10.5 Å². The second-order valence-corrected chi connectivity index (χ2v) is 5.04. The van der Waals surface area contributed by atoms with Gasteiger partial charge in [0.05, 0.1) is 12.2 Å². The first-order valence-electron chi connectivity index (χ1n) is 5.14. The Morgan fingerprint density at radius 2 is 2.19 bits per heavy atom. The first-order chi connectivity index (χ1) is 7.65. The van der Waals surface area contributed by atoms with E-state index in [1.165, 1.54) is 14.8 Å². The Balaban J connectivity index is 2.04. The monoisotopic (exact) mass is 327 g/mol. The minimum Gasteiger partial charge on any atom is -0.379 e. The van der Waals surface area contributed by atoms with Gasteiger partial charge in [0.15, 0.2) is 0 Å². The van der Waals surface area contributed by atoms with Gasteiger partial charge in [0.25, 0.3) is 0 Å². The fraction of sp³-hybridized carbons (Fsp3) is 0.250. The zero-order valence-corrected chi connectivity index (χ0v) is 11.5. The number of anilines is 1. The summed E-state index contributed by atoms with van der Waals surface area (Å²) in [6.07, 6.45) is 1.96. The highest BCUT2D eigenvalue weighted by atomic mass is 127. The van der Waals surface area contributed by atoms with Crippen LogP contribution in [0.1, 0.15) is 11.3 Å². The van der Waals surface area contributed by atoms with Crippen LogP contribution < -0.4 is 5.32 Å². The molecule has 0 saturated heterocycles. The molecule has 0 bridgehead atoms. The highest BCUT2D eigenvalue weighted by Gasteiger charge is 2.00. The van der Waals surface area contributed by atoms with Crippen LogP contribution in [0.25, 0.3) is 0 Å². The number of nitrogens with zero attached hydrogens (tertiary/aromatic N) is 2. The van der Waals surface area contributed by atoms with Crippen LogP contribution >= 0.6 is 22.6 Å². The van der Waals surface area contributed by atoms with Crippen LogP contribution in [0.5, 0.6) is 0 Å². The van der Waals surface area contributed by atoms with Crippen LogP contribution in [0.3, 0.4) is 0 Å². The van der Waals surface area contributed by atoms with Gasteiger partial charge in [-0.15, -0.1) is 0 Å². The predicted octanol–water partition coefficient (Wildman–Crippen LogP) is 2.95. The number of aromatic nitrogens is 2. The third-order valence-corrected chi connectivity index (χ3v) is 3.09. The maximum atomic E-state index is 4.33. The number of nitrogens with one attached hydrogen (secondary N) is 1. The van der Waals surface area contributed by atoms with Gasteiger partial charge in [-0.2, -0.15) is 5.10 Å². The Morgan fingerprint density at radius 1 is 1.38 bits per heavy atom. The molecule has 1 N–H and O–H groups in total. The van der Waals surface area contributed by atoms with Crippen LogP contribution in [-0.2, 0) is 13.6 Å². The van der Waals surface area contributed by atoms with Crippen LogP contribution in [0.2, 0.25) is 0 Å². The topological polar surface area (TPSA) is 29.9 Å². The maximum absolute atomic E-state index is 4.33. The van der Waals surface area contributed by atoms with Crippen molar-refractivity contribution in [2.45, 2.75) is 13.5 Å². The van der Waals surface area contributed by atoms with Crippen LogP contribution in [0.4, 0.5) is 5.69 Å². The molecule has 0 atom stereocenters. The largest absolute Gasteiger partial charge is 0.379 e. The van der Waals surface area contributed by atoms with E-state index in [0.717, 1.165) is 12.2 Å². The summed E-state index contributed by atoms with van der Waals surface area (Å²) in [4.78, 5) is 0. The molecule has 0 unspecified atom stereocenters. The van der Waals surface area contributed by atoms with E-state index < -0.39 is 0 Å². The number of halogens is 1. The number of rotatable bonds is 3. The fourth-order valence-electron chi connectivity index (χ4n) is 1.57. The Morgan fingerprint density at radius 3 is 2.81 bits per heavy atom. The fourth-order valence-corrected chi connectivity index (χ4v) is 2.22. The molecule has 3 nitrogen and oxygen atoms in total. The zero-order chi connectivity index (χ0) is 11.5. The number of aryl methyl sites for hydroxylation is 2. The van der Waals surface area contributed by atoms with E-state index >= 15 is 0 Å². The minimum absolute atomic E-state index is 0.766. The predicted molar refractivity (Wildman–Crippen MR) is 74.4 cm³/mol. The molecule has 0 fully saturated rings. The third-order valence-electron chi connectivity index (χ3n) is 2.42. The number of hydrogen-bond donors (Lipinski definition) is 1. The summed E-state index contributed by atoms with van der Waals surface area (Å²) in [5, 5.41) is 7.72. The SMILES string of the molecule is Cc1cc(I)ccc1NCc1ccn(C)n1. The lowest BCUT2D eigenvalue weighted by atomic mass is 10.2. The summed E-state index contributed by atoms with van der Waals surface area (Å²) in [5.74, 6) is 0. The summed E-state index contributed by atoms with van der Waals surface area (Å²) in [6, 6.07) is 8.41. The van der Waals surface area contributed by atoms with Crippen molar-refractivity contribution in [3.05, 3.63) is 45.3 Å². The molecule has 0 saturated carbocycles. The Hall–Kier alpha value is -1.04. The van der Waals surface area contributed by atoms with Gasteiger partial charge >= 0.3 is 0 Å². The van der Waals surface area contributed by atoms with Gasteiger partial charge < -0.3 is 5.32 Å². The van der Waals surface area contributed by atoms with E-state index in [4.69, 9.17) is 0 Å². The van der Waals surface area contributed by atoms with Gasteiger partial charge in [-0.3, -0.25) is 4.68 Å². The zero-order valence-electron chi connectivity index (χ0n) is 9.37. The molecule has 0 spiro atoms. The lowest BCUT2D eigenvalue weighted by Gasteiger charge is -2.08. The van der Waals surface area contributed by atoms with E-state index in [1.807, 2.05) is 24.0 Å². The smallest absolute Gasteiger partial charge is 0.0815 e. The van der Waals surface area contributed by atoms with E-state index in [-0.39, 0.29) is 0 Å². The highest BCUT2D eigenvalue weighted by Crippen LogP contribution is 2.18. The molecule has 0 amide bonds. The standard InChI is InChI=1S/C12H14IN3/c1-9-7-10(13)3-4-12(9)14-8-11-5-6-16(2)15-11/h3-7,14H,8H2,1-2H3. The molecule has 0 aliphatic rings. The molecule has 0 aliphatic heterocycles. The van der Waals surface area contributed by atoms with Crippen molar-refractivity contribution in [2.24, 2.45) is 7.05 Å². The first kappa shape index (κ1) is 11.4. The van der Waals surface area contributed by atoms with Gasteiger partial charge in [-0.1, -0.05) is 0 Å². The Labute approximate surface area is 109 Å². The quantitative estimate of drug-likeness (QED) is 0.879. The molecular weight excluding hydrogens is 313 g/mol. The van der Waals surface area contributed by atoms with Crippen molar-refractivity contribution in [2.75, 3.05) is 5.32 Å². The summed E-state index contributed by atoms with van der Waals surface area (Å²) in [6.45, 7) is 2.88. The average Bonchev–Trinajstić information content (AvgIpc) is 2.63. The van der Waals surface area contributed by atoms with Crippen molar-refractivity contribution in [3.63, 3.8) is 0 Å². The van der Waals surface area contributed by atoms with E-state index in [1.54, 1.807) is 0 Å². The molecule has 0 radical (unpaired) electrons. The summed E-state index contributed by atoms with van der Waals surface area (Å²) in [7, 11) is 1.93. The first-order valence-corrected chi connectivity index (χ1v) is 6.21. The molecule has 2 aromatic rings. The normalized spacial score (nSPS) is 10.4. The second-order valence-electron chi connectivity index (χ2n) is 3.79. The van der Waals surface area contributed by atoms with Gasteiger partial charge in [-0.25, -0.2) is 0 Å². The van der Waals surface area contributed by atoms with Crippen molar-refractivity contribution in [3.8, 4) is 0 Å². The molecule has 1 heterocycles. The molecule has 2 rings (SSSR count).